The van der Waals surface area contributed by atoms with Crippen LogP contribution < -0.4 is 15.4 Å². The molecule has 1 aliphatic heterocycles. The number of hydrogen-bond acceptors (Lipinski definition) is 4. The number of guanidine groups is 1. The number of likely N-dealkylation sites (N-methyl/N-ethyl adjacent to an activating group) is 1. The third-order valence-electron chi connectivity index (χ3n) is 4.06. The second kappa shape index (κ2) is 8.58. The van der Waals surface area contributed by atoms with Crippen molar-refractivity contribution in [1.82, 2.24) is 20.5 Å². The highest BCUT2D eigenvalue weighted by atomic mass is 16.5. The van der Waals surface area contributed by atoms with Crippen LogP contribution in [-0.4, -0.2) is 55.7 Å². The van der Waals surface area contributed by atoms with Crippen LogP contribution >= 0.6 is 0 Å². The van der Waals surface area contributed by atoms with Crippen molar-refractivity contribution in [3.8, 4) is 5.88 Å². The predicted molar refractivity (Wildman–Crippen MR) is 89.3 cm³/mol. The van der Waals surface area contributed by atoms with Gasteiger partial charge in [-0.15, -0.1) is 0 Å². The smallest absolute Gasteiger partial charge is 0.213 e. The van der Waals surface area contributed by atoms with Gasteiger partial charge in [-0.3, -0.25) is 9.89 Å². The van der Waals surface area contributed by atoms with E-state index in [4.69, 9.17) is 4.74 Å². The van der Waals surface area contributed by atoms with Gasteiger partial charge in [-0.2, -0.15) is 0 Å². The molecule has 0 bridgehead atoms. The molecule has 0 aliphatic carbocycles. The van der Waals surface area contributed by atoms with Crippen molar-refractivity contribution in [3.05, 3.63) is 23.9 Å². The van der Waals surface area contributed by atoms with Gasteiger partial charge in [0.1, 0.15) is 0 Å². The number of likely N-dealkylation sites (tertiary alicyclic amines) is 1. The molecule has 2 heterocycles. The minimum absolute atomic E-state index is 0.610. The van der Waals surface area contributed by atoms with E-state index < -0.39 is 0 Å². The molecule has 1 atom stereocenters. The zero-order valence-corrected chi connectivity index (χ0v) is 13.8. The average Bonchev–Trinajstić information content (AvgIpc) is 3.02. The van der Waals surface area contributed by atoms with E-state index in [1.165, 1.54) is 19.4 Å². The van der Waals surface area contributed by atoms with Gasteiger partial charge in [0.05, 0.1) is 19.3 Å². The van der Waals surface area contributed by atoms with Gasteiger partial charge >= 0.3 is 0 Å². The van der Waals surface area contributed by atoms with Gasteiger partial charge in [0, 0.05) is 25.7 Å². The predicted octanol–water partition coefficient (Wildman–Crippen LogP) is 1.24. The molecule has 1 saturated heterocycles. The Hall–Kier alpha value is -1.82. The molecule has 1 aromatic rings. The topological polar surface area (TPSA) is 61.8 Å². The second-order valence-electron chi connectivity index (χ2n) is 5.40. The summed E-state index contributed by atoms with van der Waals surface area (Å²) in [7, 11) is 3.42. The van der Waals surface area contributed by atoms with E-state index in [0.717, 1.165) is 24.7 Å². The Morgan fingerprint density at radius 1 is 1.45 bits per heavy atom. The SMILES string of the molecule is CCN1CCCC1CNC(=NC)NCc1cccc(OC)n1. The number of pyridine rings is 1. The summed E-state index contributed by atoms with van der Waals surface area (Å²) < 4.78 is 5.14. The molecule has 1 aliphatic rings. The Balaban J connectivity index is 1.79. The fourth-order valence-corrected chi connectivity index (χ4v) is 2.82. The van der Waals surface area contributed by atoms with E-state index in [2.05, 4.69) is 32.4 Å². The fraction of sp³-hybridized carbons (Fsp3) is 0.625. The van der Waals surface area contributed by atoms with Gasteiger partial charge in [-0.1, -0.05) is 13.0 Å². The molecule has 6 nitrogen and oxygen atoms in total. The first-order valence-electron chi connectivity index (χ1n) is 7.95. The number of rotatable bonds is 6. The van der Waals surface area contributed by atoms with Gasteiger partial charge in [0.2, 0.25) is 5.88 Å². The second-order valence-corrected chi connectivity index (χ2v) is 5.40. The highest BCUT2D eigenvalue weighted by Crippen LogP contribution is 2.15. The van der Waals surface area contributed by atoms with Crippen molar-refractivity contribution >= 4 is 5.96 Å². The number of ether oxygens (including phenoxy) is 1. The zero-order chi connectivity index (χ0) is 15.8. The van der Waals surface area contributed by atoms with Crippen molar-refractivity contribution in [2.75, 3.05) is 33.8 Å². The lowest BCUT2D eigenvalue weighted by Gasteiger charge is -2.23. The quantitative estimate of drug-likeness (QED) is 0.612. The number of nitrogens with zero attached hydrogens (tertiary/aromatic N) is 3. The minimum atomic E-state index is 0.610. The van der Waals surface area contributed by atoms with Crippen molar-refractivity contribution in [1.29, 1.82) is 0 Å². The molecule has 6 heteroatoms. The molecular formula is C16H27N5O. The summed E-state index contributed by atoms with van der Waals surface area (Å²) in [6.45, 7) is 6.10. The normalized spacial score (nSPS) is 19.2. The largest absolute Gasteiger partial charge is 0.481 e. The van der Waals surface area contributed by atoms with Crippen molar-refractivity contribution in [3.63, 3.8) is 0 Å². The van der Waals surface area contributed by atoms with Crippen LogP contribution in [0.1, 0.15) is 25.5 Å². The summed E-state index contributed by atoms with van der Waals surface area (Å²) in [5.74, 6) is 1.44. The van der Waals surface area contributed by atoms with Crippen molar-refractivity contribution in [2.45, 2.75) is 32.4 Å². The van der Waals surface area contributed by atoms with Crippen LogP contribution in [0.15, 0.2) is 23.2 Å². The van der Waals surface area contributed by atoms with Crippen molar-refractivity contribution in [2.24, 2.45) is 4.99 Å². The lowest BCUT2D eigenvalue weighted by atomic mass is 10.2. The third-order valence-corrected chi connectivity index (χ3v) is 4.06. The third kappa shape index (κ3) is 4.59. The summed E-state index contributed by atoms with van der Waals surface area (Å²) in [6.07, 6.45) is 2.55. The highest BCUT2D eigenvalue weighted by Gasteiger charge is 2.22. The summed E-state index contributed by atoms with van der Waals surface area (Å²) in [5, 5.41) is 6.71. The minimum Gasteiger partial charge on any atom is -0.481 e. The maximum atomic E-state index is 5.14. The number of aromatic nitrogens is 1. The molecule has 0 aromatic carbocycles. The van der Waals surface area contributed by atoms with Crippen LogP contribution in [0.4, 0.5) is 0 Å². The monoisotopic (exact) mass is 305 g/mol. The van der Waals surface area contributed by atoms with Crippen LogP contribution in [0.2, 0.25) is 0 Å². The summed E-state index contributed by atoms with van der Waals surface area (Å²) in [6, 6.07) is 6.36. The van der Waals surface area contributed by atoms with Gasteiger partial charge in [0.25, 0.3) is 0 Å². The van der Waals surface area contributed by atoms with E-state index in [0.29, 0.717) is 18.5 Å². The average molecular weight is 305 g/mol. The number of aliphatic imine (C=N–C) groups is 1. The van der Waals surface area contributed by atoms with E-state index in [-0.39, 0.29) is 0 Å². The van der Waals surface area contributed by atoms with Gasteiger partial charge in [-0.25, -0.2) is 4.98 Å². The Labute approximate surface area is 133 Å². The Bertz CT molecular complexity index is 491. The van der Waals surface area contributed by atoms with E-state index in [1.54, 1.807) is 14.2 Å². The molecule has 0 radical (unpaired) electrons. The van der Waals surface area contributed by atoms with Crippen LogP contribution in [0, 0.1) is 0 Å². The van der Waals surface area contributed by atoms with Crippen LogP contribution in [0.25, 0.3) is 0 Å². The summed E-state index contributed by atoms with van der Waals surface area (Å²) >= 11 is 0. The molecule has 1 fully saturated rings. The Kier molecular flexibility index (Phi) is 6.45. The van der Waals surface area contributed by atoms with Crippen LogP contribution in [0.5, 0.6) is 5.88 Å². The summed E-state index contributed by atoms with van der Waals surface area (Å²) in [5.41, 5.74) is 0.929. The molecular weight excluding hydrogens is 278 g/mol. The number of hydrogen-bond donors (Lipinski definition) is 2. The molecule has 22 heavy (non-hydrogen) atoms. The highest BCUT2D eigenvalue weighted by molar-refractivity contribution is 5.79. The molecule has 0 amide bonds. The lowest BCUT2D eigenvalue weighted by molar-refractivity contribution is 0.267. The Morgan fingerprint density at radius 3 is 3.05 bits per heavy atom. The van der Waals surface area contributed by atoms with Gasteiger partial charge in [0.15, 0.2) is 5.96 Å². The van der Waals surface area contributed by atoms with Crippen LogP contribution in [0.3, 0.4) is 0 Å². The molecule has 0 saturated carbocycles. The first-order chi connectivity index (χ1) is 10.8. The first kappa shape index (κ1) is 16.5. The summed E-state index contributed by atoms with van der Waals surface area (Å²) in [4.78, 5) is 11.2. The first-order valence-corrected chi connectivity index (χ1v) is 7.95. The maximum Gasteiger partial charge on any atom is 0.213 e. The Morgan fingerprint density at radius 2 is 2.32 bits per heavy atom. The molecule has 1 unspecified atom stereocenters. The van der Waals surface area contributed by atoms with Crippen molar-refractivity contribution < 1.29 is 4.74 Å². The molecule has 2 N–H and O–H groups in total. The molecule has 1 aromatic heterocycles. The van der Waals surface area contributed by atoms with Crippen LogP contribution in [-0.2, 0) is 6.54 Å². The standard InChI is InChI=1S/C16H27N5O/c1-4-21-10-6-8-14(21)12-19-16(17-2)18-11-13-7-5-9-15(20-13)22-3/h5,7,9,14H,4,6,8,10-12H2,1-3H3,(H2,17,18,19). The van der Waals surface area contributed by atoms with E-state index in [1.807, 2.05) is 18.2 Å². The van der Waals surface area contributed by atoms with E-state index >= 15 is 0 Å². The maximum absolute atomic E-state index is 5.14. The molecule has 2 rings (SSSR count). The lowest BCUT2D eigenvalue weighted by Crippen LogP contribution is -2.44. The number of methoxy groups -OCH3 is 1. The zero-order valence-electron chi connectivity index (χ0n) is 13.8. The number of nitrogens with one attached hydrogen (secondary N) is 2. The molecule has 122 valence electrons. The van der Waals surface area contributed by atoms with Gasteiger partial charge < -0.3 is 15.4 Å². The molecule has 0 spiro atoms. The van der Waals surface area contributed by atoms with E-state index in [9.17, 15) is 0 Å². The van der Waals surface area contributed by atoms with Gasteiger partial charge in [-0.05, 0) is 32.0 Å². The fourth-order valence-electron chi connectivity index (χ4n) is 2.82.